The molecule has 3 aromatic heterocycles. The van der Waals surface area contributed by atoms with Crippen LogP contribution in [0.3, 0.4) is 0 Å². The fraction of sp³-hybridized carbons (Fsp3) is 0.158. The van der Waals surface area contributed by atoms with E-state index in [0.29, 0.717) is 23.5 Å². The van der Waals surface area contributed by atoms with Gasteiger partial charge in [0.2, 0.25) is 0 Å². The first-order valence-electron chi connectivity index (χ1n) is 7.97. The Hall–Kier alpha value is -2.70. The first-order chi connectivity index (χ1) is 12.2. The van der Waals surface area contributed by atoms with Crippen LogP contribution in [0.4, 0.5) is 0 Å². The highest BCUT2D eigenvalue weighted by atomic mass is 32.1. The first kappa shape index (κ1) is 15.8. The molecule has 1 aromatic carbocycles. The van der Waals surface area contributed by atoms with E-state index in [4.69, 9.17) is 4.42 Å². The minimum absolute atomic E-state index is 0.124. The van der Waals surface area contributed by atoms with E-state index in [1.54, 1.807) is 6.26 Å². The molecule has 5 nitrogen and oxygen atoms in total. The molecule has 6 heteroatoms. The summed E-state index contributed by atoms with van der Waals surface area (Å²) in [5.41, 5.74) is 1.90. The Morgan fingerprint density at radius 1 is 1.16 bits per heavy atom. The molecular weight excluding hydrogens is 334 g/mol. The molecule has 0 spiro atoms. The molecule has 1 N–H and O–H groups in total. The summed E-state index contributed by atoms with van der Waals surface area (Å²) in [6.45, 7) is 1.37. The lowest BCUT2D eigenvalue weighted by atomic mass is 10.2. The third kappa shape index (κ3) is 3.26. The van der Waals surface area contributed by atoms with Crippen LogP contribution in [0.5, 0.6) is 0 Å². The highest BCUT2D eigenvalue weighted by Gasteiger charge is 2.15. The molecule has 3 heterocycles. The van der Waals surface area contributed by atoms with Crippen molar-refractivity contribution < 1.29 is 4.42 Å². The molecule has 25 heavy (non-hydrogen) atoms. The van der Waals surface area contributed by atoms with Gasteiger partial charge in [-0.15, -0.1) is 11.3 Å². The molecular formula is C19H17N3O2S. The maximum Gasteiger partial charge on any atom is 0.260 e. The lowest BCUT2D eigenvalue weighted by Gasteiger charge is -2.15. The number of H-pyrrole nitrogens is 1. The molecule has 0 amide bonds. The summed E-state index contributed by atoms with van der Waals surface area (Å²) >= 11 is 1.46. The number of aromatic nitrogens is 2. The van der Waals surface area contributed by atoms with Gasteiger partial charge in [-0.3, -0.25) is 9.69 Å². The van der Waals surface area contributed by atoms with Crippen molar-refractivity contribution in [3.8, 4) is 11.3 Å². The van der Waals surface area contributed by atoms with Gasteiger partial charge in [0.05, 0.1) is 18.2 Å². The van der Waals surface area contributed by atoms with Gasteiger partial charge in [-0.2, -0.15) is 0 Å². The number of thiophene rings is 1. The number of hydrogen-bond donors (Lipinski definition) is 1. The Morgan fingerprint density at radius 2 is 2.00 bits per heavy atom. The van der Waals surface area contributed by atoms with Crippen molar-refractivity contribution >= 4 is 21.6 Å². The fourth-order valence-corrected chi connectivity index (χ4v) is 3.84. The maximum atomic E-state index is 12.6. The smallest absolute Gasteiger partial charge is 0.260 e. The number of nitrogens with zero attached hydrogens (tertiary/aromatic N) is 2. The van der Waals surface area contributed by atoms with Crippen molar-refractivity contribution in [2.24, 2.45) is 0 Å². The van der Waals surface area contributed by atoms with E-state index in [1.807, 2.05) is 42.8 Å². The van der Waals surface area contributed by atoms with Gasteiger partial charge in [-0.05, 0) is 24.7 Å². The van der Waals surface area contributed by atoms with Gasteiger partial charge in [-0.25, -0.2) is 4.98 Å². The molecule has 0 radical (unpaired) electrons. The van der Waals surface area contributed by atoms with E-state index < -0.39 is 0 Å². The number of nitrogens with one attached hydrogen (secondary N) is 1. The lowest BCUT2D eigenvalue weighted by Crippen LogP contribution is -2.21. The Balaban J connectivity index is 1.60. The van der Waals surface area contributed by atoms with Crippen LogP contribution in [0.2, 0.25) is 0 Å². The van der Waals surface area contributed by atoms with Crippen molar-refractivity contribution in [2.75, 3.05) is 7.05 Å². The first-order valence-corrected chi connectivity index (χ1v) is 8.85. The van der Waals surface area contributed by atoms with E-state index in [1.165, 1.54) is 16.9 Å². The molecule has 0 bridgehead atoms. The summed E-state index contributed by atoms with van der Waals surface area (Å²) in [5.74, 6) is 1.36. The highest BCUT2D eigenvalue weighted by Crippen LogP contribution is 2.30. The van der Waals surface area contributed by atoms with Gasteiger partial charge in [0.15, 0.2) is 0 Å². The molecule has 0 saturated carbocycles. The van der Waals surface area contributed by atoms with E-state index in [-0.39, 0.29) is 5.56 Å². The van der Waals surface area contributed by atoms with Crippen LogP contribution in [-0.2, 0) is 13.1 Å². The van der Waals surface area contributed by atoms with Crippen molar-refractivity contribution in [1.82, 2.24) is 14.9 Å². The third-order valence-electron chi connectivity index (χ3n) is 3.99. The van der Waals surface area contributed by atoms with Crippen molar-refractivity contribution in [2.45, 2.75) is 13.1 Å². The zero-order valence-corrected chi connectivity index (χ0v) is 14.5. The van der Waals surface area contributed by atoms with Crippen LogP contribution < -0.4 is 5.56 Å². The average molecular weight is 351 g/mol. The summed E-state index contributed by atoms with van der Waals surface area (Å²) < 4.78 is 5.42. The number of furan rings is 1. The molecule has 0 aliphatic rings. The topological polar surface area (TPSA) is 62.1 Å². The van der Waals surface area contributed by atoms with Gasteiger partial charge in [0, 0.05) is 17.5 Å². The van der Waals surface area contributed by atoms with Gasteiger partial charge < -0.3 is 9.40 Å². The molecule has 0 unspecified atom stereocenters. The quantitative estimate of drug-likeness (QED) is 0.593. The predicted molar refractivity (Wildman–Crippen MR) is 99.6 cm³/mol. The standard InChI is InChI=1S/C19H17N3O2S/c1-22(10-13-6-3-2-4-7-13)11-16-20-18(23)17-14(12-25-19(17)21-16)15-8-5-9-24-15/h2-9,12H,10-11H2,1H3,(H,20,21,23). The van der Waals surface area contributed by atoms with E-state index in [2.05, 4.69) is 27.0 Å². The van der Waals surface area contributed by atoms with Crippen LogP contribution in [0.25, 0.3) is 21.5 Å². The Morgan fingerprint density at radius 3 is 2.76 bits per heavy atom. The fourth-order valence-electron chi connectivity index (χ4n) is 2.89. The van der Waals surface area contributed by atoms with Crippen LogP contribution in [0, 0.1) is 0 Å². The van der Waals surface area contributed by atoms with Crippen LogP contribution >= 0.6 is 11.3 Å². The monoisotopic (exact) mass is 351 g/mol. The lowest BCUT2D eigenvalue weighted by molar-refractivity contribution is 0.311. The predicted octanol–water partition coefficient (Wildman–Crippen LogP) is 3.88. The normalized spacial score (nSPS) is 11.4. The van der Waals surface area contributed by atoms with E-state index in [9.17, 15) is 4.79 Å². The Bertz CT molecular complexity index is 1040. The van der Waals surface area contributed by atoms with Crippen LogP contribution in [0.15, 0.2) is 63.3 Å². The summed E-state index contributed by atoms with van der Waals surface area (Å²) in [6, 6.07) is 13.9. The SMILES string of the molecule is CN(Cc1ccccc1)Cc1nc2scc(-c3ccco3)c2c(=O)[nH]1. The highest BCUT2D eigenvalue weighted by molar-refractivity contribution is 7.17. The van der Waals surface area contributed by atoms with Crippen molar-refractivity contribution in [3.05, 3.63) is 75.8 Å². The molecule has 0 saturated heterocycles. The zero-order valence-electron chi connectivity index (χ0n) is 13.7. The summed E-state index contributed by atoms with van der Waals surface area (Å²) in [5, 5.41) is 2.51. The Kier molecular flexibility index (Phi) is 4.21. The van der Waals surface area contributed by atoms with E-state index >= 15 is 0 Å². The number of fused-ring (bicyclic) bond motifs is 1. The van der Waals surface area contributed by atoms with Crippen molar-refractivity contribution in [3.63, 3.8) is 0 Å². The minimum Gasteiger partial charge on any atom is -0.464 e. The molecule has 126 valence electrons. The van der Waals surface area contributed by atoms with Gasteiger partial charge >= 0.3 is 0 Å². The van der Waals surface area contributed by atoms with Gasteiger partial charge in [0.25, 0.3) is 5.56 Å². The summed E-state index contributed by atoms with van der Waals surface area (Å²) in [4.78, 5) is 23.0. The second-order valence-electron chi connectivity index (χ2n) is 5.98. The number of rotatable bonds is 5. The maximum absolute atomic E-state index is 12.6. The van der Waals surface area contributed by atoms with Gasteiger partial charge in [-0.1, -0.05) is 30.3 Å². The summed E-state index contributed by atoms with van der Waals surface area (Å²) in [6.07, 6.45) is 1.60. The molecule has 4 rings (SSSR count). The molecule has 0 aliphatic heterocycles. The third-order valence-corrected chi connectivity index (χ3v) is 4.87. The second kappa shape index (κ2) is 6.66. The van der Waals surface area contributed by atoms with Crippen LogP contribution in [-0.4, -0.2) is 21.9 Å². The second-order valence-corrected chi connectivity index (χ2v) is 6.84. The number of hydrogen-bond acceptors (Lipinski definition) is 5. The van der Waals surface area contributed by atoms with Crippen molar-refractivity contribution in [1.29, 1.82) is 0 Å². The number of aromatic amines is 1. The minimum atomic E-state index is -0.124. The molecule has 0 aliphatic carbocycles. The van der Waals surface area contributed by atoms with Gasteiger partial charge in [0.1, 0.15) is 16.4 Å². The summed E-state index contributed by atoms with van der Waals surface area (Å²) in [7, 11) is 2.01. The molecule has 4 aromatic rings. The zero-order chi connectivity index (χ0) is 17.2. The largest absolute Gasteiger partial charge is 0.464 e. The number of benzene rings is 1. The Labute approximate surface area is 148 Å². The van der Waals surface area contributed by atoms with Crippen LogP contribution in [0.1, 0.15) is 11.4 Å². The molecule has 0 fully saturated rings. The average Bonchev–Trinajstić information content (AvgIpc) is 3.24. The molecule has 0 atom stereocenters. The van der Waals surface area contributed by atoms with E-state index in [0.717, 1.165) is 16.9 Å².